The van der Waals surface area contributed by atoms with E-state index in [1.54, 1.807) is 0 Å². The molecule has 0 radical (unpaired) electrons. The Morgan fingerprint density at radius 1 is 1.09 bits per heavy atom. The Bertz CT molecular complexity index is 891. The second-order valence-corrected chi connectivity index (χ2v) is 10.4. The van der Waals surface area contributed by atoms with Gasteiger partial charge in [0, 0.05) is 5.38 Å². The lowest BCUT2D eigenvalue weighted by molar-refractivity contribution is -0.134. The van der Waals surface area contributed by atoms with Gasteiger partial charge in [-0.25, -0.2) is 19.5 Å². The lowest BCUT2D eigenvalue weighted by Gasteiger charge is -2.30. The van der Waals surface area contributed by atoms with Crippen molar-refractivity contribution >= 4 is 40.3 Å². The second-order valence-electron chi connectivity index (χ2n) is 9.54. The van der Waals surface area contributed by atoms with E-state index in [1.165, 1.54) is 11.8 Å². The third-order valence-corrected chi connectivity index (χ3v) is 7.95. The number of anilines is 1. The maximum atomic E-state index is 13.3. The SMILES string of the molecule is O=C(O)c1csc(NC(=O)C(CC2CCCCC2)N2C(=O)NC(CC3CCCCC3)C2=O)n1. The number of hydrogen-bond acceptors (Lipinski definition) is 6. The Balaban J connectivity index is 1.49. The minimum atomic E-state index is -1.18. The topological polar surface area (TPSA) is 129 Å². The van der Waals surface area contributed by atoms with Crippen LogP contribution in [-0.2, 0) is 9.59 Å². The molecule has 1 aromatic rings. The number of carbonyl (C=O) groups excluding carboxylic acids is 3. The molecule has 180 valence electrons. The van der Waals surface area contributed by atoms with E-state index in [4.69, 9.17) is 5.11 Å². The molecule has 0 spiro atoms. The van der Waals surface area contributed by atoms with Crippen LogP contribution in [0, 0.1) is 11.8 Å². The fourth-order valence-corrected chi connectivity index (χ4v) is 6.13. The summed E-state index contributed by atoms with van der Waals surface area (Å²) in [5, 5.41) is 16.1. The zero-order chi connectivity index (χ0) is 23.4. The van der Waals surface area contributed by atoms with Crippen molar-refractivity contribution in [1.82, 2.24) is 15.2 Å². The van der Waals surface area contributed by atoms with Crippen LogP contribution in [0.5, 0.6) is 0 Å². The standard InChI is InChI=1S/C23H32N4O5S/c28-19(26-22-24-17(13-33-22)21(30)31)18(12-15-9-5-2-6-10-15)27-20(29)16(25-23(27)32)11-14-7-3-1-4-8-14/h13-16,18H,1-12H2,(H,25,32)(H,30,31)(H,24,26,28). The summed E-state index contributed by atoms with van der Waals surface area (Å²) in [6.07, 6.45) is 12.0. The number of aromatic carboxylic acids is 1. The largest absolute Gasteiger partial charge is 0.476 e. The number of nitrogens with zero attached hydrogens (tertiary/aromatic N) is 2. The van der Waals surface area contributed by atoms with E-state index >= 15 is 0 Å². The Hall–Kier alpha value is -2.49. The summed E-state index contributed by atoms with van der Waals surface area (Å²) in [4.78, 5) is 55.6. The number of hydrogen-bond donors (Lipinski definition) is 3. The van der Waals surface area contributed by atoms with E-state index in [9.17, 15) is 19.2 Å². The molecule has 2 unspecified atom stereocenters. The van der Waals surface area contributed by atoms with Crippen molar-refractivity contribution in [3.05, 3.63) is 11.1 Å². The average Bonchev–Trinajstić information content (AvgIpc) is 3.38. The number of nitrogens with one attached hydrogen (secondary N) is 2. The van der Waals surface area contributed by atoms with Crippen LogP contribution in [0.3, 0.4) is 0 Å². The van der Waals surface area contributed by atoms with Crippen LogP contribution >= 0.6 is 11.3 Å². The number of aromatic nitrogens is 1. The first-order valence-electron chi connectivity index (χ1n) is 12.1. The molecule has 33 heavy (non-hydrogen) atoms. The minimum absolute atomic E-state index is 0.150. The molecule has 0 bridgehead atoms. The zero-order valence-electron chi connectivity index (χ0n) is 18.8. The minimum Gasteiger partial charge on any atom is -0.476 e. The number of carboxylic acid groups (broad SMARTS) is 1. The summed E-state index contributed by atoms with van der Waals surface area (Å²) in [5.41, 5.74) is -0.151. The lowest BCUT2D eigenvalue weighted by atomic mass is 9.83. The van der Waals surface area contributed by atoms with Crippen molar-refractivity contribution in [1.29, 1.82) is 0 Å². The summed E-state index contributed by atoms with van der Waals surface area (Å²) in [6, 6.07) is -2.03. The molecule has 3 N–H and O–H groups in total. The predicted molar refractivity (Wildman–Crippen MR) is 123 cm³/mol. The summed E-state index contributed by atoms with van der Waals surface area (Å²) < 4.78 is 0. The fourth-order valence-electron chi connectivity index (χ4n) is 5.45. The first kappa shape index (κ1) is 23.7. The number of thiazole rings is 1. The Labute approximate surface area is 197 Å². The number of carbonyl (C=O) groups is 4. The summed E-state index contributed by atoms with van der Waals surface area (Å²) in [7, 11) is 0. The highest BCUT2D eigenvalue weighted by atomic mass is 32.1. The van der Waals surface area contributed by atoms with E-state index in [-0.39, 0.29) is 22.7 Å². The third kappa shape index (κ3) is 5.72. The smallest absolute Gasteiger partial charge is 0.355 e. The second kappa shape index (κ2) is 10.6. The number of carboxylic acids is 1. The number of urea groups is 1. The fraction of sp³-hybridized carbons (Fsp3) is 0.696. The highest BCUT2D eigenvalue weighted by Crippen LogP contribution is 2.32. The van der Waals surface area contributed by atoms with Crippen LogP contribution in [0.25, 0.3) is 0 Å². The summed E-state index contributed by atoms with van der Waals surface area (Å²) >= 11 is 1.01. The maximum Gasteiger partial charge on any atom is 0.355 e. The molecule has 9 nitrogen and oxygen atoms in total. The quantitative estimate of drug-likeness (QED) is 0.486. The van der Waals surface area contributed by atoms with Crippen molar-refractivity contribution in [3.63, 3.8) is 0 Å². The molecule has 0 aromatic carbocycles. The van der Waals surface area contributed by atoms with Crippen molar-refractivity contribution in [2.45, 2.75) is 89.1 Å². The first-order valence-corrected chi connectivity index (χ1v) is 12.9. The van der Waals surface area contributed by atoms with Crippen LogP contribution in [0.2, 0.25) is 0 Å². The number of rotatable bonds is 8. The highest BCUT2D eigenvalue weighted by Gasteiger charge is 2.46. The van der Waals surface area contributed by atoms with Gasteiger partial charge in [0.25, 0.3) is 5.91 Å². The molecule has 1 saturated heterocycles. The van der Waals surface area contributed by atoms with Gasteiger partial charge in [-0.1, -0.05) is 64.2 Å². The third-order valence-electron chi connectivity index (χ3n) is 7.19. The van der Waals surface area contributed by atoms with Gasteiger partial charge in [0.1, 0.15) is 12.1 Å². The van der Waals surface area contributed by atoms with Crippen LogP contribution in [0.4, 0.5) is 9.93 Å². The van der Waals surface area contributed by atoms with Crippen molar-refractivity contribution in [3.8, 4) is 0 Å². The lowest BCUT2D eigenvalue weighted by Crippen LogP contribution is -2.49. The van der Waals surface area contributed by atoms with Crippen LogP contribution in [-0.4, -0.2) is 50.9 Å². The van der Waals surface area contributed by atoms with Gasteiger partial charge in [-0.3, -0.25) is 9.59 Å². The molecule has 2 saturated carbocycles. The van der Waals surface area contributed by atoms with Crippen LogP contribution < -0.4 is 10.6 Å². The Morgan fingerprint density at radius 2 is 1.73 bits per heavy atom. The summed E-state index contributed by atoms with van der Waals surface area (Å²) in [5.74, 6) is -1.31. The highest BCUT2D eigenvalue weighted by molar-refractivity contribution is 7.14. The molecule has 3 aliphatic rings. The van der Waals surface area contributed by atoms with E-state index in [2.05, 4.69) is 15.6 Å². The zero-order valence-corrected chi connectivity index (χ0v) is 19.6. The number of amides is 4. The van der Waals surface area contributed by atoms with Gasteiger partial charge in [0.2, 0.25) is 5.91 Å². The van der Waals surface area contributed by atoms with Gasteiger partial charge < -0.3 is 15.7 Å². The van der Waals surface area contributed by atoms with E-state index in [0.29, 0.717) is 18.8 Å². The maximum absolute atomic E-state index is 13.3. The normalized spacial score (nSPS) is 23.4. The Kier molecular flexibility index (Phi) is 7.62. The van der Waals surface area contributed by atoms with Gasteiger partial charge in [0.05, 0.1) is 0 Å². The molecule has 3 fully saturated rings. The van der Waals surface area contributed by atoms with Gasteiger partial charge in [-0.15, -0.1) is 11.3 Å². The molecular weight excluding hydrogens is 444 g/mol. The molecule has 2 heterocycles. The van der Waals surface area contributed by atoms with Crippen LogP contribution in [0.1, 0.15) is 87.5 Å². The number of imide groups is 1. The van der Waals surface area contributed by atoms with Crippen molar-refractivity contribution in [2.75, 3.05) is 5.32 Å². The monoisotopic (exact) mass is 476 g/mol. The molecule has 2 aliphatic carbocycles. The van der Waals surface area contributed by atoms with Gasteiger partial charge in [0.15, 0.2) is 10.8 Å². The molecule has 1 aliphatic heterocycles. The molecule has 2 atom stereocenters. The molecule has 1 aromatic heterocycles. The first-order chi connectivity index (χ1) is 15.9. The molecule has 10 heteroatoms. The van der Waals surface area contributed by atoms with Gasteiger partial charge in [-0.05, 0) is 24.7 Å². The Morgan fingerprint density at radius 3 is 2.33 bits per heavy atom. The van der Waals surface area contributed by atoms with Gasteiger partial charge >= 0.3 is 12.0 Å². The van der Waals surface area contributed by atoms with Crippen molar-refractivity contribution in [2.24, 2.45) is 11.8 Å². The van der Waals surface area contributed by atoms with E-state index in [0.717, 1.165) is 74.0 Å². The van der Waals surface area contributed by atoms with E-state index < -0.39 is 30.0 Å². The molecule has 4 amide bonds. The predicted octanol–water partition coefficient (Wildman–Crippen LogP) is 4.01. The molecular formula is C23H32N4O5S. The summed E-state index contributed by atoms with van der Waals surface area (Å²) in [6.45, 7) is 0. The average molecular weight is 477 g/mol. The van der Waals surface area contributed by atoms with Crippen LogP contribution in [0.15, 0.2) is 5.38 Å². The van der Waals surface area contributed by atoms with Gasteiger partial charge in [-0.2, -0.15) is 0 Å². The molecule has 4 rings (SSSR count). The van der Waals surface area contributed by atoms with E-state index in [1.807, 2.05) is 0 Å². The van der Waals surface area contributed by atoms with Crippen molar-refractivity contribution < 1.29 is 24.3 Å².